The molecule has 1 aliphatic heterocycles. The topological polar surface area (TPSA) is 34.4 Å². The van der Waals surface area contributed by atoms with Crippen LogP contribution in [-0.4, -0.2) is 19.3 Å². The maximum absolute atomic E-state index is 5.83. The summed E-state index contributed by atoms with van der Waals surface area (Å²) in [6.07, 6.45) is 2.23. The van der Waals surface area contributed by atoms with Gasteiger partial charge in [-0.05, 0) is 24.8 Å². The normalized spacial score (nSPS) is 27.6. The van der Waals surface area contributed by atoms with Crippen LogP contribution in [0.15, 0.2) is 10.5 Å². The van der Waals surface area contributed by atoms with Gasteiger partial charge in [-0.15, -0.1) is 0 Å². The van der Waals surface area contributed by atoms with E-state index in [-0.39, 0.29) is 0 Å². The molecular formula is C14H21NO2. The first kappa shape index (κ1) is 11.3. The van der Waals surface area contributed by atoms with E-state index in [0.717, 1.165) is 25.4 Å². The molecule has 1 unspecified atom stereocenters. The lowest BCUT2D eigenvalue weighted by Gasteiger charge is -2.38. The Balaban J connectivity index is 1.86. The number of rotatable bonds is 2. The number of hydrogen-bond acceptors (Lipinski definition) is 3. The minimum absolute atomic E-state index is 0.319. The zero-order valence-corrected chi connectivity index (χ0v) is 10.9. The van der Waals surface area contributed by atoms with Gasteiger partial charge < -0.3 is 14.5 Å². The summed E-state index contributed by atoms with van der Waals surface area (Å²) in [7, 11) is 0. The Bertz CT molecular complexity index is 418. The Morgan fingerprint density at radius 3 is 2.76 bits per heavy atom. The average Bonchev–Trinajstić information content (AvgIpc) is 2.49. The monoisotopic (exact) mass is 235 g/mol. The molecule has 1 aliphatic carbocycles. The maximum atomic E-state index is 5.83. The van der Waals surface area contributed by atoms with E-state index >= 15 is 0 Å². The quantitative estimate of drug-likeness (QED) is 0.855. The zero-order valence-electron chi connectivity index (χ0n) is 10.9. The molecule has 3 rings (SSSR count). The first-order valence-corrected chi connectivity index (χ1v) is 6.46. The lowest BCUT2D eigenvalue weighted by atomic mass is 9.74. The number of aryl methyl sites for hydroxylation is 1. The van der Waals surface area contributed by atoms with Crippen LogP contribution < -0.4 is 5.32 Å². The molecule has 0 amide bonds. The molecule has 3 heteroatoms. The molecule has 94 valence electrons. The fourth-order valence-electron chi connectivity index (χ4n) is 2.95. The predicted molar refractivity (Wildman–Crippen MR) is 66.0 cm³/mol. The first-order chi connectivity index (χ1) is 8.03. The van der Waals surface area contributed by atoms with Crippen LogP contribution in [0.4, 0.5) is 0 Å². The van der Waals surface area contributed by atoms with Crippen molar-refractivity contribution in [3.8, 4) is 0 Å². The lowest BCUT2D eigenvalue weighted by Crippen LogP contribution is -2.49. The largest absolute Gasteiger partial charge is 0.466 e. The summed E-state index contributed by atoms with van der Waals surface area (Å²) in [5.74, 6) is 2.21. The molecule has 17 heavy (non-hydrogen) atoms. The summed E-state index contributed by atoms with van der Waals surface area (Å²) in [4.78, 5) is 0. The van der Waals surface area contributed by atoms with Gasteiger partial charge in [0.05, 0.1) is 19.3 Å². The highest BCUT2D eigenvalue weighted by molar-refractivity contribution is 5.29. The van der Waals surface area contributed by atoms with Crippen molar-refractivity contribution in [3.63, 3.8) is 0 Å². The summed E-state index contributed by atoms with van der Waals surface area (Å²) in [5.41, 5.74) is 1.69. The van der Waals surface area contributed by atoms with Crippen molar-refractivity contribution < 1.29 is 9.15 Å². The van der Waals surface area contributed by atoms with Crippen LogP contribution in [0.25, 0.3) is 0 Å². The zero-order chi connectivity index (χ0) is 12.0. The SMILES string of the molecule is Cc1cc2c(o1)CC(C)(C)CC2NC1COC1. The minimum Gasteiger partial charge on any atom is -0.466 e. The lowest BCUT2D eigenvalue weighted by molar-refractivity contribution is -0.0135. The molecule has 1 N–H and O–H groups in total. The van der Waals surface area contributed by atoms with Crippen LogP contribution in [0.1, 0.15) is 43.4 Å². The van der Waals surface area contributed by atoms with Crippen LogP contribution in [0, 0.1) is 12.3 Å². The van der Waals surface area contributed by atoms with Crippen LogP contribution in [-0.2, 0) is 11.2 Å². The predicted octanol–water partition coefficient (Wildman–Crippen LogP) is 2.59. The highest BCUT2D eigenvalue weighted by atomic mass is 16.5. The van der Waals surface area contributed by atoms with E-state index in [1.807, 2.05) is 6.92 Å². The van der Waals surface area contributed by atoms with Crippen LogP contribution in [0.3, 0.4) is 0 Å². The highest BCUT2D eigenvalue weighted by Gasteiger charge is 2.36. The van der Waals surface area contributed by atoms with Gasteiger partial charge in [0.2, 0.25) is 0 Å². The second-order valence-electron chi connectivity index (χ2n) is 6.23. The van der Waals surface area contributed by atoms with Crippen LogP contribution >= 0.6 is 0 Å². The fraction of sp³-hybridized carbons (Fsp3) is 0.714. The molecule has 0 saturated carbocycles. The van der Waals surface area contributed by atoms with E-state index in [1.54, 1.807) is 0 Å². The van der Waals surface area contributed by atoms with Gasteiger partial charge in [-0.2, -0.15) is 0 Å². The molecule has 3 nitrogen and oxygen atoms in total. The number of furan rings is 1. The number of fused-ring (bicyclic) bond motifs is 1. The second-order valence-corrected chi connectivity index (χ2v) is 6.23. The molecule has 0 spiro atoms. The number of hydrogen-bond donors (Lipinski definition) is 1. The van der Waals surface area contributed by atoms with Gasteiger partial charge in [-0.3, -0.25) is 0 Å². The molecule has 2 heterocycles. The van der Waals surface area contributed by atoms with E-state index in [1.165, 1.54) is 17.7 Å². The number of ether oxygens (including phenoxy) is 1. The molecule has 0 aromatic carbocycles. The van der Waals surface area contributed by atoms with Gasteiger partial charge in [0.15, 0.2) is 0 Å². The third-order valence-electron chi connectivity index (χ3n) is 3.81. The Labute approximate surface area is 103 Å². The molecule has 0 radical (unpaired) electrons. The Morgan fingerprint density at radius 1 is 1.35 bits per heavy atom. The van der Waals surface area contributed by atoms with Gasteiger partial charge >= 0.3 is 0 Å². The van der Waals surface area contributed by atoms with Gasteiger partial charge in [-0.1, -0.05) is 13.8 Å². The highest BCUT2D eigenvalue weighted by Crippen LogP contribution is 2.42. The van der Waals surface area contributed by atoms with Crippen molar-refractivity contribution >= 4 is 0 Å². The van der Waals surface area contributed by atoms with Gasteiger partial charge in [-0.25, -0.2) is 0 Å². The summed E-state index contributed by atoms with van der Waals surface area (Å²) < 4.78 is 11.1. The Kier molecular flexibility index (Phi) is 2.56. The molecule has 0 bridgehead atoms. The van der Waals surface area contributed by atoms with Gasteiger partial charge in [0.1, 0.15) is 11.5 Å². The molecule has 2 aliphatic rings. The molecule has 1 aromatic rings. The smallest absolute Gasteiger partial charge is 0.109 e. The van der Waals surface area contributed by atoms with E-state index in [4.69, 9.17) is 9.15 Å². The minimum atomic E-state index is 0.319. The summed E-state index contributed by atoms with van der Waals surface area (Å²) in [6.45, 7) is 8.38. The van der Waals surface area contributed by atoms with Crippen LogP contribution in [0.2, 0.25) is 0 Å². The molecule has 1 atom stereocenters. The fourth-order valence-corrected chi connectivity index (χ4v) is 2.95. The van der Waals surface area contributed by atoms with Gasteiger partial charge in [0.25, 0.3) is 0 Å². The Morgan fingerprint density at radius 2 is 2.12 bits per heavy atom. The van der Waals surface area contributed by atoms with E-state index in [2.05, 4.69) is 25.2 Å². The van der Waals surface area contributed by atoms with Gasteiger partial charge in [0, 0.05) is 18.0 Å². The van der Waals surface area contributed by atoms with Crippen molar-refractivity contribution in [2.45, 2.75) is 45.7 Å². The Hall–Kier alpha value is -0.800. The third kappa shape index (κ3) is 2.14. The van der Waals surface area contributed by atoms with Crippen molar-refractivity contribution in [1.29, 1.82) is 0 Å². The van der Waals surface area contributed by atoms with Crippen molar-refractivity contribution in [2.75, 3.05) is 13.2 Å². The van der Waals surface area contributed by atoms with Crippen molar-refractivity contribution in [2.24, 2.45) is 5.41 Å². The average molecular weight is 235 g/mol. The van der Waals surface area contributed by atoms with E-state index in [0.29, 0.717) is 17.5 Å². The van der Waals surface area contributed by atoms with E-state index < -0.39 is 0 Å². The molecule has 1 saturated heterocycles. The third-order valence-corrected chi connectivity index (χ3v) is 3.81. The van der Waals surface area contributed by atoms with Crippen molar-refractivity contribution in [3.05, 3.63) is 23.2 Å². The molecule has 1 fully saturated rings. The maximum Gasteiger partial charge on any atom is 0.109 e. The van der Waals surface area contributed by atoms with Crippen molar-refractivity contribution in [1.82, 2.24) is 5.32 Å². The second kappa shape index (κ2) is 3.85. The number of nitrogens with one attached hydrogen (secondary N) is 1. The summed E-state index contributed by atoms with van der Waals surface area (Å²) >= 11 is 0. The van der Waals surface area contributed by atoms with E-state index in [9.17, 15) is 0 Å². The molecular weight excluding hydrogens is 214 g/mol. The first-order valence-electron chi connectivity index (χ1n) is 6.46. The van der Waals surface area contributed by atoms with Crippen LogP contribution in [0.5, 0.6) is 0 Å². The molecule has 1 aromatic heterocycles. The summed E-state index contributed by atoms with van der Waals surface area (Å²) in [6, 6.07) is 3.15. The summed E-state index contributed by atoms with van der Waals surface area (Å²) in [5, 5.41) is 3.70. The standard InChI is InChI=1S/C14H21NO2/c1-9-4-11-12(15-10-7-16-8-10)5-14(2,3)6-13(11)17-9/h4,10,12,15H,5-8H2,1-3H3.